The van der Waals surface area contributed by atoms with Gasteiger partial charge in [0, 0.05) is 15.9 Å². The molecule has 0 radical (unpaired) electrons. The van der Waals surface area contributed by atoms with E-state index in [4.69, 9.17) is 0 Å². The van der Waals surface area contributed by atoms with Crippen molar-refractivity contribution >= 4 is 61.4 Å². The third-order valence-electron chi connectivity index (χ3n) is 6.07. The van der Waals surface area contributed by atoms with Gasteiger partial charge in [0.25, 0.3) is 5.91 Å². The summed E-state index contributed by atoms with van der Waals surface area (Å²) >= 11 is 2.93. The van der Waals surface area contributed by atoms with Crippen LogP contribution in [0.25, 0.3) is 9.40 Å². The van der Waals surface area contributed by atoms with Crippen LogP contribution in [0.1, 0.15) is 42.8 Å². The second-order valence-corrected chi connectivity index (χ2v) is 11.4. The van der Waals surface area contributed by atoms with E-state index >= 15 is 0 Å². The average Bonchev–Trinajstić information content (AvgIpc) is 3.41. The minimum absolute atomic E-state index is 0.0342. The number of ketones is 1. The van der Waals surface area contributed by atoms with Crippen molar-refractivity contribution < 1.29 is 23.6 Å². The Hall–Kier alpha value is -3.31. The number of halogens is 1. The van der Waals surface area contributed by atoms with Crippen LogP contribution in [0.4, 0.5) is 14.9 Å². The molecule has 8 nitrogen and oxygen atoms in total. The third kappa shape index (κ3) is 6.72. The van der Waals surface area contributed by atoms with Crippen LogP contribution >= 0.6 is 22.7 Å². The molecule has 2 aromatic heterocycles. The molecule has 1 fully saturated rings. The number of anilines is 1. The molecule has 3 heterocycles. The molecule has 37 heavy (non-hydrogen) atoms. The van der Waals surface area contributed by atoms with E-state index < -0.39 is 29.8 Å². The summed E-state index contributed by atoms with van der Waals surface area (Å²) in [5.41, 5.74) is 0.0342. The van der Waals surface area contributed by atoms with Crippen molar-refractivity contribution in [3.63, 3.8) is 0 Å². The van der Waals surface area contributed by atoms with Gasteiger partial charge in [-0.1, -0.05) is 26.0 Å². The van der Waals surface area contributed by atoms with E-state index in [1.54, 1.807) is 17.4 Å². The molecule has 1 unspecified atom stereocenters. The molecule has 1 aliphatic rings. The summed E-state index contributed by atoms with van der Waals surface area (Å²) in [6.07, 6.45) is 1.25. The van der Waals surface area contributed by atoms with Crippen LogP contribution in [0.5, 0.6) is 0 Å². The van der Waals surface area contributed by atoms with Crippen molar-refractivity contribution in [3.05, 3.63) is 52.5 Å². The van der Waals surface area contributed by atoms with E-state index in [2.05, 4.69) is 16.0 Å². The van der Waals surface area contributed by atoms with Gasteiger partial charge in [-0.25, -0.2) is 9.18 Å². The number of carbonyl (C=O) groups is 4. The van der Waals surface area contributed by atoms with Crippen LogP contribution in [0, 0.1) is 11.7 Å². The maximum Gasteiger partial charge on any atom is 0.322 e. The monoisotopic (exact) mass is 544 g/mol. The Bertz CT molecular complexity index is 1280. The van der Waals surface area contributed by atoms with Gasteiger partial charge >= 0.3 is 6.03 Å². The first-order valence-electron chi connectivity index (χ1n) is 12.1. The van der Waals surface area contributed by atoms with E-state index in [1.807, 2.05) is 31.4 Å². The summed E-state index contributed by atoms with van der Waals surface area (Å²) < 4.78 is 15.9. The fourth-order valence-electron chi connectivity index (χ4n) is 4.19. The fraction of sp³-hybridized carbons (Fsp3) is 0.385. The lowest BCUT2D eigenvalue weighted by atomic mass is 10.0. The smallest absolute Gasteiger partial charge is 0.322 e. The maximum absolute atomic E-state index is 13.9. The number of amides is 4. The zero-order valence-corrected chi connectivity index (χ0v) is 22.2. The molecule has 3 N–H and O–H groups in total. The number of nitrogens with zero attached hydrogens (tertiary/aromatic N) is 1. The average molecular weight is 545 g/mol. The Morgan fingerprint density at radius 1 is 1.16 bits per heavy atom. The van der Waals surface area contributed by atoms with E-state index in [-0.39, 0.29) is 29.8 Å². The first-order valence-corrected chi connectivity index (χ1v) is 13.8. The lowest BCUT2D eigenvalue weighted by molar-refractivity contribution is -0.129. The van der Waals surface area contributed by atoms with Crippen molar-refractivity contribution in [1.29, 1.82) is 0 Å². The molecule has 1 saturated heterocycles. The summed E-state index contributed by atoms with van der Waals surface area (Å²) in [5.74, 6) is -1.50. The molecule has 2 atom stereocenters. The summed E-state index contributed by atoms with van der Waals surface area (Å²) in [4.78, 5) is 53.5. The molecule has 3 aromatic rings. The summed E-state index contributed by atoms with van der Waals surface area (Å²) in [7, 11) is 0. The van der Waals surface area contributed by atoms with E-state index in [1.165, 1.54) is 34.4 Å². The number of rotatable bonds is 7. The molecule has 11 heteroatoms. The third-order valence-corrected chi connectivity index (χ3v) is 8.16. The first-order chi connectivity index (χ1) is 17.7. The standard InChI is InChI=1S/C26H29FN4O4S2/c1-15(2)12-19(29-25(34)23-13-22-21(37-23)9-11-36-22)24(33)28-18-8-5-10-31(14-20(18)32)26(35)30-17-7-4-3-6-16(17)27/h3-4,6-7,9,11,13,15,18-19H,5,8,10,12,14H2,1-2H3,(H,28,33)(H,29,34)(H,30,35)/t18?,19-/m0/s1. The second-order valence-electron chi connectivity index (χ2n) is 9.42. The minimum atomic E-state index is -0.802. The van der Waals surface area contributed by atoms with Gasteiger partial charge in [0.2, 0.25) is 5.91 Å². The SMILES string of the molecule is CC(C)C[C@H](NC(=O)c1cc2sccc2s1)C(=O)NC1CCCN(C(=O)Nc2ccccc2F)CC1=O. The number of para-hydroxylation sites is 1. The predicted octanol–water partition coefficient (Wildman–Crippen LogP) is 4.63. The number of nitrogens with one attached hydrogen (secondary N) is 3. The number of benzene rings is 1. The first kappa shape index (κ1) is 26.7. The van der Waals surface area contributed by atoms with Gasteiger partial charge in [-0.3, -0.25) is 14.4 Å². The van der Waals surface area contributed by atoms with Crippen molar-refractivity contribution in [2.24, 2.45) is 5.92 Å². The van der Waals surface area contributed by atoms with Crippen LogP contribution in [-0.4, -0.2) is 53.7 Å². The van der Waals surface area contributed by atoms with Crippen molar-refractivity contribution in [1.82, 2.24) is 15.5 Å². The van der Waals surface area contributed by atoms with Crippen LogP contribution in [0.15, 0.2) is 41.8 Å². The zero-order valence-electron chi connectivity index (χ0n) is 20.6. The Labute approximate surface area is 222 Å². The topological polar surface area (TPSA) is 108 Å². The molecular formula is C26H29FN4O4S2. The Balaban J connectivity index is 1.37. The number of hydrogen-bond acceptors (Lipinski definition) is 6. The van der Waals surface area contributed by atoms with Crippen LogP contribution in [-0.2, 0) is 9.59 Å². The molecular weight excluding hydrogens is 515 g/mol. The van der Waals surface area contributed by atoms with Crippen LogP contribution < -0.4 is 16.0 Å². The molecule has 4 rings (SSSR count). The number of Topliss-reactive ketones (excluding diaryl/α,β-unsaturated/α-hetero) is 1. The van der Waals surface area contributed by atoms with Gasteiger partial charge in [-0.15, -0.1) is 22.7 Å². The molecule has 4 amide bonds. The maximum atomic E-state index is 13.9. The summed E-state index contributed by atoms with van der Waals surface area (Å²) in [6, 6.07) is 7.42. The van der Waals surface area contributed by atoms with Crippen molar-refractivity contribution in [2.45, 2.75) is 45.2 Å². The number of urea groups is 1. The van der Waals surface area contributed by atoms with Gasteiger partial charge in [-0.2, -0.15) is 0 Å². The fourth-order valence-corrected chi connectivity index (χ4v) is 6.20. The van der Waals surface area contributed by atoms with E-state index in [9.17, 15) is 23.6 Å². The lowest BCUT2D eigenvalue weighted by Gasteiger charge is -2.23. The minimum Gasteiger partial charge on any atom is -0.344 e. The highest BCUT2D eigenvalue weighted by Crippen LogP contribution is 2.30. The highest BCUT2D eigenvalue weighted by Gasteiger charge is 2.31. The number of likely N-dealkylation sites (tertiary alicyclic amines) is 1. The van der Waals surface area contributed by atoms with Gasteiger partial charge in [0.05, 0.1) is 23.2 Å². The van der Waals surface area contributed by atoms with Crippen molar-refractivity contribution in [3.8, 4) is 0 Å². The van der Waals surface area contributed by atoms with Crippen molar-refractivity contribution in [2.75, 3.05) is 18.4 Å². The van der Waals surface area contributed by atoms with Gasteiger partial charge in [0.15, 0.2) is 5.78 Å². The molecule has 1 aromatic carbocycles. The van der Waals surface area contributed by atoms with E-state index in [0.717, 1.165) is 9.40 Å². The molecule has 1 aliphatic heterocycles. The van der Waals surface area contributed by atoms with Crippen LogP contribution in [0.2, 0.25) is 0 Å². The number of carbonyl (C=O) groups excluding carboxylic acids is 4. The lowest BCUT2D eigenvalue weighted by Crippen LogP contribution is -2.52. The van der Waals surface area contributed by atoms with Gasteiger partial charge in [-0.05, 0) is 54.8 Å². The number of hydrogen-bond donors (Lipinski definition) is 3. The molecule has 0 bridgehead atoms. The summed E-state index contributed by atoms with van der Waals surface area (Å²) in [6.45, 7) is 3.99. The van der Waals surface area contributed by atoms with Crippen LogP contribution in [0.3, 0.4) is 0 Å². The quantitative estimate of drug-likeness (QED) is 0.403. The summed E-state index contributed by atoms with van der Waals surface area (Å²) in [5, 5.41) is 10.1. The highest BCUT2D eigenvalue weighted by atomic mass is 32.1. The predicted molar refractivity (Wildman–Crippen MR) is 144 cm³/mol. The molecule has 0 spiro atoms. The van der Waals surface area contributed by atoms with Gasteiger partial charge < -0.3 is 20.9 Å². The Morgan fingerprint density at radius 2 is 1.95 bits per heavy atom. The second kappa shape index (κ2) is 11.8. The van der Waals surface area contributed by atoms with Gasteiger partial charge in [0.1, 0.15) is 11.9 Å². The largest absolute Gasteiger partial charge is 0.344 e. The number of thiophene rings is 2. The number of fused-ring (bicyclic) bond motifs is 1. The Kier molecular flexibility index (Phi) is 8.55. The molecule has 0 aliphatic carbocycles. The highest BCUT2D eigenvalue weighted by molar-refractivity contribution is 7.27. The zero-order chi connectivity index (χ0) is 26.5. The normalized spacial score (nSPS) is 16.9. The molecule has 0 saturated carbocycles. The van der Waals surface area contributed by atoms with E-state index in [0.29, 0.717) is 30.7 Å². The molecule has 196 valence electrons. The Morgan fingerprint density at radius 3 is 2.68 bits per heavy atom.